The van der Waals surface area contributed by atoms with Gasteiger partial charge in [-0.15, -0.1) is 11.3 Å². The van der Waals surface area contributed by atoms with Crippen LogP contribution in [0.2, 0.25) is 0 Å². The van der Waals surface area contributed by atoms with Crippen LogP contribution in [0.1, 0.15) is 42.6 Å². The van der Waals surface area contributed by atoms with Crippen LogP contribution in [0.25, 0.3) is 11.3 Å². The number of hydrogen-bond donors (Lipinski definition) is 2. The molecule has 0 saturated carbocycles. The van der Waals surface area contributed by atoms with E-state index in [0.29, 0.717) is 28.9 Å². The van der Waals surface area contributed by atoms with E-state index in [-0.39, 0.29) is 18.4 Å². The van der Waals surface area contributed by atoms with Gasteiger partial charge in [-0.1, -0.05) is 38.1 Å². The van der Waals surface area contributed by atoms with E-state index >= 15 is 0 Å². The summed E-state index contributed by atoms with van der Waals surface area (Å²) in [5.41, 5.74) is 3.61. The van der Waals surface area contributed by atoms with E-state index in [9.17, 15) is 9.59 Å². The summed E-state index contributed by atoms with van der Waals surface area (Å²) in [4.78, 5) is 28.5. The number of rotatable bonds is 8. The molecule has 2 N–H and O–H groups in total. The molecular formula is C23H25N3O3S. The Hall–Kier alpha value is -3.19. The van der Waals surface area contributed by atoms with Crippen molar-refractivity contribution in [2.45, 2.75) is 26.7 Å². The van der Waals surface area contributed by atoms with Crippen LogP contribution in [0.3, 0.4) is 0 Å². The van der Waals surface area contributed by atoms with Gasteiger partial charge in [0.2, 0.25) is 0 Å². The summed E-state index contributed by atoms with van der Waals surface area (Å²) in [6, 6.07) is 14.9. The van der Waals surface area contributed by atoms with Gasteiger partial charge < -0.3 is 10.1 Å². The fourth-order valence-electron chi connectivity index (χ4n) is 2.77. The summed E-state index contributed by atoms with van der Waals surface area (Å²) in [6.45, 7) is 6.67. The van der Waals surface area contributed by atoms with E-state index in [4.69, 9.17) is 4.74 Å². The molecule has 0 aliphatic carbocycles. The first kappa shape index (κ1) is 21.5. The van der Waals surface area contributed by atoms with Crippen molar-refractivity contribution >= 4 is 28.3 Å². The van der Waals surface area contributed by atoms with Crippen molar-refractivity contribution in [1.82, 2.24) is 10.3 Å². The third-order valence-electron chi connectivity index (χ3n) is 4.46. The first-order chi connectivity index (χ1) is 14.5. The smallest absolute Gasteiger partial charge is 0.257 e. The Bertz CT molecular complexity index is 995. The SMILES string of the molecule is CCNC(=O)COc1ccc(C(=O)Nc2nc(-c3ccc(C(C)C)cc3)cs2)cc1. The highest BCUT2D eigenvalue weighted by Gasteiger charge is 2.11. The van der Waals surface area contributed by atoms with Crippen LogP contribution < -0.4 is 15.4 Å². The van der Waals surface area contributed by atoms with Crippen molar-refractivity contribution in [3.05, 3.63) is 65.0 Å². The van der Waals surface area contributed by atoms with E-state index in [2.05, 4.69) is 53.7 Å². The molecule has 156 valence electrons. The predicted octanol–water partition coefficient (Wildman–Crippen LogP) is 4.70. The summed E-state index contributed by atoms with van der Waals surface area (Å²) in [5, 5.41) is 7.96. The molecule has 7 heteroatoms. The third-order valence-corrected chi connectivity index (χ3v) is 5.22. The second-order valence-corrected chi connectivity index (χ2v) is 7.89. The van der Waals surface area contributed by atoms with Gasteiger partial charge in [0.05, 0.1) is 5.69 Å². The van der Waals surface area contributed by atoms with E-state index in [1.54, 1.807) is 24.3 Å². The molecule has 3 rings (SSSR count). The molecule has 0 unspecified atom stereocenters. The lowest BCUT2D eigenvalue weighted by molar-refractivity contribution is -0.122. The number of nitrogens with one attached hydrogen (secondary N) is 2. The fourth-order valence-corrected chi connectivity index (χ4v) is 3.49. The maximum atomic E-state index is 12.5. The van der Waals surface area contributed by atoms with Gasteiger partial charge in [-0.3, -0.25) is 14.9 Å². The molecule has 30 heavy (non-hydrogen) atoms. The number of anilines is 1. The number of carbonyl (C=O) groups is 2. The molecule has 2 aromatic carbocycles. The quantitative estimate of drug-likeness (QED) is 0.550. The molecule has 0 aliphatic rings. The summed E-state index contributed by atoms with van der Waals surface area (Å²) in [6.07, 6.45) is 0. The molecule has 0 saturated heterocycles. The van der Waals surface area contributed by atoms with Crippen LogP contribution in [-0.4, -0.2) is 29.9 Å². The van der Waals surface area contributed by atoms with Gasteiger partial charge in [0.25, 0.3) is 11.8 Å². The minimum atomic E-state index is -0.249. The van der Waals surface area contributed by atoms with Gasteiger partial charge in [0.1, 0.15) is 5.75 Å². The Labute approximate surface area is 180 Å². The van der Waals surface area contributed by atoms with Crippen LogP contribution in [0, 0.1) is 0 Å². The first-order valence-corrected chi connectivity index (χ1v) is 10.7. The van der Waals surface area contributed by atoms with Crippen molar-refractivity contribution in [1.29, 1.82) is 0 Å². The molecule has 0 aliphatic heterocycles. The Balaban J connectivity index is 1.59. The lowest BCUT2D eigenvalue weighted by Gasteiger charge is -2.07. The van der Waals surface area contributed by atoms with E-state index in [0.717, 1.165) is 11.3 Å². The number of thiazole rings is 1. The standard InChI is InChI=1S/C23H25N3O3S/c1-4-24-21(27)13-29-19-11-9-18(10-12-19)22(28)26-23-25-20(14-30-23)17-7-5-16(6-8-17)15(2)3/h5-12,14-15H,4,13H2,1-3H3,(H,24,27)(H,25,26,28). The highest BCUT2D eigenvalue weighted by molar-refractivity contribution is 7.14. The second kappa shape index (κ2) is 10.0. The van der Waals surface area contributed by atoms with Gasteiger partial charge in [0, 0.05) is 23.1 Å². The lowest BCUT2D eigenvalue weighted by atomic mass is 10.0. The topological polar surface area (TPSA) is 80.3 Å². The van der Waals surface area contributed by atoms with Crippen molar-refractivity contribution in [2.75, 3.05) is 18.5 Å². The van der Waals surface area contributed by atoms with E-state index in [1.807, 2.05) is 12.3 Å². The van der Waals surface area contributed by atoms with Crippen molar-refractivity contribution in [2.24, 2.45) is 0 Å². The Morgan fingerprint density at radius 2 is 1.77 bits per heavy atom. The number of hydrogen-bond acceptors (Lipinski definition) is 5. The number of benzene rings is 2. The van der Waals surface area contributed by atoms with Gasteiger partial charge in [0.15, 0.2) is 11.7 Å². The number of likely N-dealkylation sites (N-methyl/N-ethyl adjacent to an activating group) is 1. The molecule has 1 heterocycles. The monoisotopic (exact) mass is 423 g/mol. The summed E-state index contributed by atoms with van der Waals surface area (Å²) >= 11 is 1.38. The summed E-state index contributed by atoms with van der Waals surface area (Å²) < 4.78 is 5.39. The zero-order valence-corrected chi connectivity index (χ0v) is 18.1. The molecule has 0 radical (unpaired) electrons. The maximum absolute atomic E-state index is 12.5. The highest BCUT2D eigenvalue weighted by atomic mass is 32.1. The lowest BCUT2D eigenvalue weighted by Crippen LogP contribution is -2.28. The zero-order chi connectivity index (χ0) is 21.5. The van der Waals surface area contributed by atoms with Crippen LogP contribution in [0.15, 0.2) is 53.9 Å². The second-order valence-electron chi connectivity index (χ2n) is 7.04. The molecule has 1 aromatic heterocycles. The van der Waals surface area contributed by atoms with Gasteiger partial charge in [-0.2, -0.15) is 0 Å². The van der Waals surface area contributed by atoms with Crippen molar-refractivity contribution in [3.63, 3.8) is 0 Å². The van der Waals surface area contributed by atoms with E-state index in [1.165, 1.54) is 16.9 Å². The number of aromatic nitrogens is 1. The van der Waals surface area contributed by atoms with Gasteiger partial charge in [-0.25, -0.2) is 4.98 Å². The van der Waals surface area contributed by atoms with Crippen molar-refractivity contribution < 1.29 is 14.3 Å². The molecule has 0 atom stereocenters. The van der Waals surface area contributed by atoms with Crippen molar-refractivity contribution in [3.8, 4) is 17.0 Å². The Morgan fingerprint density at radius 3 is 2.40 bits per heavy atom. The highest BCUT2D eigenvalue weighted by Crippen LogP contribution is 2.27. The molecule has 3 aromatic rings. The summed E-state index contributed by atoms with van der Waals surface area (Å²) in [7, 11) is 0. The van der Waals surface area contributed by atoms with E-state index < -0.39 is 0 Å². The molecule has 0 bridgehead atoms. The number of ether oxygens (including phenoxy) is 1. The largest absolute Gasteiger partial charge is 0.484 e. The molecular weight excluding hydrogens is 398 g/mol. The molecule has 0 spiro atoms. The first-order valence-electron chi connectivity index (χ1n) is 9.83. The number of amides is 2. The molecule has 2 amide bonds. The third kappa shape index (κ3) is 5.67. The number of nitrogens with zero attached hydrogens (tertiary/aromatic N) is 1. The van der Waals surface area contributed by atoms with Gasteiger partial charge in [-0.05, 0) is 42.7 Å². The number of carbonyl (C=O) groups excluding carboxylic acids is 2. The zero-order valence-electron chi connectivity index (χ0n) is 17.3. The fraction of sp³-hybridized carbons (Fsp3) is 0.261. The van der Waals surface area contributed by atoms with Gasteiger partial charge >= 0.3 is 0 Å². The Kier molecular flexibility index (Phi) is 7.19. The maximum Gasteiger partial charge on any atom is 0.257 e. The molecule has 0 fully saturated rings. The molecule has 6 nitrogen and oxygen atoms in total. The minimum absolute atomic E-state index is 0.0561. The van der Waals surface area contributed by atoms with Crippen LogP contribution in [0.5, 0.6) is 5.75 Å². The normalized spacial score (nSPS) is 10.7. The predicted molar refractivity (Wildman–Crippen MR) is 120 cm³/mol. The summed E-state index contributed by atoms with van der Waals surface area (Å²) in [5.74, 6) is 0.577. The van der Waals surface area contributed by atoms with Crippen LogP contribution in [-0.2, 0) is 4.79 Å². The van der Waals surface area contributed by atoms with Crippen LogP contribution in [0.4, 0.5) is 5.13 Å². The Morgan fingerprint density at radius 1 is 1.07 bits per heavy atom. The minimum Gasteiger partial charge on any atom is -0.484 e. The average Bonchev–Trinajstić information content (AvgIpc) is 3.21. The van der Waals surface area contributed by atoms with Crippen LogP contribution >= 0.6 is 11.3 Å². The average molecular weight is 424 g/mol.